The number of nitrogens with zero attached hydrogens (tertiary/aromatic N) is 1. The molecule has 0 N–H and O–H groups in total. The molecule has 1 heterocycles. The van der Waals surface area contributed by atoms with E-state index in [-0.39, 0.29) is 34.7 Å². The molecule has 1 fully saturated rings. The van der Waals surface area contributed by atoms with Crippen molar-refractivity contribution in [1.82, 2.24) is 5.06 Å². The van der Waals surface area contributed by atoms with E-state index in [9.17, 15) is 4.79 Å². The van der Waals surface area contributed by atoms with Crippen LogP contribution in [0.5, 0.6) is 0 Å². The lowest BCUT2D eigenvalue weighted by Crippen LogP contribution is -2.52. The molecule has 0 amide bonds. The summed E-state index contributed by atoms with van der Waals surface area (Å²) < 4.78 is 6.08. The van der Waals surface area contributed by atoms with Gasteiger partial charge < -0.3 is 4.74 Å². The summed E-state index contributed by atoms with van der Waals surface area (Å²) in [4.78, 5) is 19.8. The van der Waals surface area contributed by atoms with Gasteiger partial charge in [0.25, 0.3) is 0 Å². The maximum absolute atomic E-state index is 12.9. The Hall–Kier alpha value is -2.17. The van der Waals surface area contributed by atoms with Crippen LogP contribution < -0.4 is 0 Å². The van der Waals surface area contributed by atoms with Crippen LogP contribution in [0.1, 0.15) is 89.2 Å². The summed E-state index contributed by atoms with van der Waals surface area (Å²) in [6.07, 6.45) is 2.25. The molecule has 4 nitrogen and oxygen atoms in total. The highest BCUT2D eigenvalue weighted by atomic mass is 16.7. The lowest BCUT2D eigenvalue weighted by atomic mass is 9.71. The van der Waals surface area contributed by atoms with E-state index >= 15 is 0 Å². The number of carbonyl (C=O) groups excluding carboxylic acids is 1. The quantitative estimate of drug-likeness (QED) is 0.479. The molecule has 2 aromatic rings. The van der Waals surface area contributed by atoms with Gasteiger partial charge in [0.15, 0.2) is 0 Å². The Morgan fingerprint density at radius 1 is 0.848 bits per heavy atom. The molecule has 2 aliphatic rings. The Balaban J connectivity index is 1.62. The SMILES string of the molecule is CC(C)(C)[C@@H]1CC[C@H](OC(=O)c2ccccc2)[C@H](ON2C(C)(C)c3ccccc3C2(C)C)C1. The molecule has 0 aromatic heterocycles. The van der Waals surface area contributed by atoms with E-state index in [0.717, 1.165) is 19.3 Å². The van der Waals surface area contributed by atoms with Gasteiger partial charge in [0.1, 0.15) is 12.2 Å². The molecule has 0 saturated heterocycles. The first-order chi connectivity index (χ1) is 15.4. The zero-order valence-electron chi connectivity index (χ0n) is 21.2. The van der Waals surface area contributed by atoms with Gasteiger partial charge in [-0.3, -0.25) is 4.84 Å². The number of esters is 1. The summed E-state index contributed by atoms with van der Waals surface area (Å²) in [6.45, 7) is 15.8. The second kappa shape index (κ2) is 8.56. The zero-order valence-corrected chi connectivity index (χ0v) is 21.2. The summed E-state index contributed by atoms with van der Waals surface area (Å²) in [5, 5.41) is 2.16. The highest BCUT2D eigenvalue weighted by Gasteiger charge is 2.52. The van der Waals surface area contributed by atoms with Crippen molar-refractivity contribution in [3.63, 3.8) is 0 Å². The summed E-state index contributed by atoms with van der Waals surface area (Å²) in [7, 11) is 0. The fourth-order valence-electron chi connectivity index (χ4n) is 5.78. The van der Waals surface area contributed by atoms with Gasteiger partial charge in [-0.2, -0.15) is 5.06 Å². The maximum atomic E-state index is 12.9. The molecule has 4 heteroatoms. The van der Waals surface area contributed by atoms with Gasteiger partial charge >= 0.3 is 5.97 Å². The molecule has 4 rings (SSSR count). The van der Waals surface area contributed by atoms with Crippen molar-refractivity contribution in [2.45, 2.75) is 91.0 Å². The van der Waals surface area contributed by atoms with Crippen LogP contribution in [0.15, 0.2) is 54.6 Å². The third kappa shape index (κ3) is 4.48. The van der Waals surface area contributed by atoms with E-state index in [2.05, 4.69) is 77.8 Å². The average Bonchev–Trinajstić information content (AvgIpc) is 2.92. The Bertz CT molecular complexity index is 954. The minimum atomic E-state index is -0.289. The normalized spacial score (nSPS) is 26.6. The van der Waals surface area contributed by atoms with E-state index in [1.807, 2.05) is 30.3 Å². The summed E-state index contributed by atoms with van der Waals surface area (Å²) in [6, 6.07) is 17.9. The maximum Gasteiger partial charge on any atom is 0.338 e. The third-order valence-corrected chi connectivity index (χ3v) is 7.73. The monoisotopic (exact) mass is 449 g/mol. The van der Waals surface area contributed by atoms with Gasteiger partial charge in [0.2, 0.25) is 0 Å². The molecular weight excluding hydrogens is 410 g/mol. The smallest absolute Gasteiger partial charge is 0.338 e. The summed E-state index contributed by atoms with van der Waals surface area (Å²) in [5.74, 6) is 0.233. The van der Waals surface area contributed by atoms with Gasteiger partial charge in [-0.1, -0.05) is 63.2 Å². The van der Waals surface area contributed by atoms with Crippen LogP contribution in [0.2, 0.25) is 0 Å². The second-order valence-electron chi connectivity index (χ2n) is 11.8. The highest BCUT2D eigenvalue weighted by molar-refractivity contribution is 5.89. The molecule has 3 atom stereocenters. The first-order valence-corrected chi connectivity index (χ1v) is 12.3. The van der Waals surface area contributed by atoms with Crippen molar-refractivity contribution in [3.05, 3.63) is 71.3 Å². The van der Waals surface area contributed by atoms with Gasteiger partial charge in [-0.05, 0) is 81.5 Å². The predicted molar refractivity (Wildman–Crippen MR) is 132 cm³/mol. The van der Waals surface area contributed by atoms with E-state index in [4.69, 9.17) is 9.57 Å². The van der Waals surface area contributed by atoms with Gasteiger partial charge in [0.05, 0.1) is 16.6 Å². The van der Waals surface area contributed by atoms with E-state index in [1.54, 1.807) is 0 Å². The van der Waals surface area contributed by atoms with Crippen LogP contribution in [0.3, 0.4) is 0 Å². The van der Waals surface area contributed by atoms with E-state index < -0.39 is 0 Å². The minimum absolute atomic E-state index is 0.176. The first kappa shape index (κ1) is 24.0. The van der Waals surface area contributed by atoms with Crippen LogP contribution in [0, 0.1) is 11.3 Å². The number of hydrogen-bond acceptors (Lipinski definition) is 4. The molecule has 1 saturated carbocycles. The van der Waals surface area contributed by atoms with Crippen LogP contribution in [0.25, 0.3) is 0 Å². The first-order valence-electron chi connectivity index (χ1n) is 12.3. The lowest BCUT2D eigenvalue weighted by molar-refractivity contribution is -0.309. The average molecular weight is 450 g/mol. The molecule has 1 aliphatic carbocycles. The van der Waals surface area contributed by atoms with Crippen molar-refractivity contribution < 1.29 is 14.4 Å². The molecule has 2 aromatic carbocycles. The van der Waals surface area contributed by atoms with Gasteiger partial charge in [-0.15, -0.1) is 0 Å². The van der Waals surface area contributed by atoms with Crippen LogP contribution in [0.4, 0.5) is 0 Å². The Kier molecular flexibility index (Phi) is 6.22. The van der Waals surface area contributed by atoms with Crippen molar-refractivity contribution in [2.75, 3.05) is 0 Å². The summed E-state index contributed by atoms with van der Waals surface area (Å²) in [5.41, 5.74) is 2.76. The van der Waals surface area contributed by atoms with Crippen LogP contribution >= 0.6 is 0 Å². The number of hydroxylamine groups is 2. The minimum Gasteiger partial charge on any atom is -0.456 e. The highest BCUT2D eigenvalue weighted by Crippen LogP contribution is 2.51. The van der Waals surface area contributed by atoms with Crippen molar-refractivity contribution in [2.24, 2.45) is 11.3 Å². The summed E-state index contributed by atoms with van der Waals surface area (Å²) >= 11 is 0. The lowest BCUT2D eigenvalue weighted by Gasteiger charge is -2.46. The Morgan fingerprint density at radius 2 is 1.39 bits per heavy atom. The number of rotatable bonds is 4. The van der Waals surface area contributed by atoms with Gasteiger partial charge in [-0.25, -0.2) is 4.79 Å². The fourth-order valence-corrected chi connectivity index (χ4v) is 5.78. The molecule has 33 heavy (non-hydrogen) atoms. The molecular formula is C29H39NO3. The van der Waals surface area contributed by atoms with E-state index in [0.29, 0.717) is 11.5 Å². The molecule has 0 spiro atoms. The molecule has 0 unspecified atom stereocenters. The number of fused-ring (bicyclic) bond motifs is 1. The fraction of sp³-hybridized carbons (Fsp3) is 0.552. The van der Waals surface area contributed by atoms with E-state index in [1.165, 1.54) is 11.1 Å². The number of benzene rings is 2. The number of hydrogen-bond donors (Lipinski definition) is 0. The molecule has 178 valence electrons. The third-order valence-electron chi connectivity index (χ3n) is 7.73. The standard InChI is InChI=1S/C29H39NO3/c1-27(2,3)21-17-18-24(32-26(31)20-13-9-8-10-14-20)25(19-21)33-30-28(4,5)22-15-11-12-16-23(22)29(30,6)7/h8-16,21,24-25H,17-19H2,1-7H3/t21-,24+,25-/m1/s1. The molecule has 0 bridgehead atoms. The van der Waals surface area contributed by atoms with Crippen LogP contribution in [-0.2, 0) is 20.7 Å². The largest absolute Gasteiger partial charge is 0.456 e. The Labute approximate surface area is 199 Å². The zero-order chi connectivity index (χ0) is 24.0. The number of carbonyl (C=O) groups is 1. The number of ether oxygens (including phenoxy) is 1. The van der Waals surface area contributed by atoms with Crippen molar-refractivity contribution >= 4 is 5.97 Å². The van der Waals surface area contributed by atoms with Crippen molar-refractivity contribution in [1.29, 1.82) is 0 Å². The molecule has 0 radical (unpaired) electrons. The topological polar surface area (TPSA) is 38.8 Å². The molecule has 1 aliphatic heterocycles. The van der Waals surface area contributed by atoms with Gasteiger partial charge in [0, 0.05) is 0 Å². The van der Waals surface area contributed by atoms with Crippen LogP contribution in [-0.4, -0.2) is 23.2 Å². The Morgan fingerprint density at radius 3 is 1.94 bits per heavy atom. The second-order valence-corrected chi connectivity index (χ2v) is 11.8. The van der Waals surface area contributed by atoms with Crippen molar-refractivity contribution in [3.8, 4) is 0 Å². The predicted octanol–water partition coefficient (Wildman–Crippen LogP) is 6.84.